The van der Waals surface area contributed by atoms with E-state index < -0.39 is 0 Å². The average Bonchev–Trinajstić information content (AvgIpc) is 3.16. The largest absolute Gasteiger partial charge is 0.263 e. The van der Waals surface area contributed by atoms with Crippen molar-refractivity contribution >= 4 is 11.3 Å². The highest BCUT2D eigenvalue weighted by Crippen LogP contribution is 2.27. The second kappa shape index (κ2) is 6.62. The molecule has 0 aliphatic carbocycles. The summed E-state index contributed by atoms with van der Waals surface area (Å²) in [6.45, 7) is 8.45. The Labute approximate surface area is 141 Å². The number of aromatic amines is 1. The van der Waals surface area contributed by atoms with Crippen LogP contribution in [0.25, 0.3) is 11.3 Å². The fraction of sp³-hybridized carbons (Fsp3) is 0.389. The summed E-state index contributed by atoms with van der Waals surface area (Å²) in [5.74, 6) is 2.51. The molecule has 2 aromatic heterocycles. The van der Waals surface area contributed by atoms with E-state index in [2.05, 4.69) is 65.6 Å². The molecule has 0 spiro atoms. The zero-order valence-corrected chi connectivity index (χ0v) is 14.8. The maximum absolute atomic E-state index is 4.75. The molecule has 0 aliphatic heterocycles. The zero-order valence-electron chi connectivity index (χ0n) is 14.0. The molecule has 1 N–H and O–H groups in total. The lowest BCUT2D eigenvalue weighted by atomic mass is 9.98. The van der Waals surface area contributed by atoms with Gasteiger partial charge in [0.25, 0.3) is 0 Å². The SMILES string of the molecule is Cc1nc(C(C)Cc2cccc(-c3csc(C(C)C)n3)c2)n[nH]1. The molecular formula is C18H22N4S. The molecule has 0 saturated heterocycles. The van der Waals surface area contributed by atoms with E-state index in [0.717, 1.165) is 23.8 Å². The fourth-order valence-corrected chi connectivity index (χ4v) is 3.41. The number of hydrogen-bond acceptors (Lipinski definition) is 4. The van der Waals surface area contributed by atoms with E-state index in [4.69, 9.17) is 4.98 Å². The van der Waals surface area contributed by atoms with Gasteiger partial charge in [0.05, 0.1) is 10.7 Å². The van der Waals surface area contributed by atoms with Crippen molar-refractivity contribution in [3.05, 3.63) is 51.9 Å². The molecule has 1 atom stereocenters. The lowest BCUT2D eigenvalue weighted by Gasteiger charge is -2.08. The molecule has 120 valence electrons. The number of hydrogen-bond donors (Lipinski definition) is 1. The maximum Gasteiger partial charge on any atom is 0.153 e. The summed E-state index contributed by atoms with van der Waals surface area (Å²) in [6, 6.07) is 8.63. The number of H-pyrrole nitrogens is 1. The van der Waals surface area contributed by atoms with Crippen LogP contribution in [0.1, 0.15) is 54.8 Å². The molecule has 0 bridgehead atoms. The van der Waals surface area contributed by atoms with Gasteiger partial charge in [-0.15, -0.1) is 11.3 Å². The first kappa shape index (κ1) is 15.9. The molecule has 0 saturated carbocycles. The van der Waals surface area contributed by atoms with Crippen LogP contribution < -0.4 is 0 Å². The minimum absolute atomic E-state index is 0.289. The van der Waals surface area contributed by atoms with Crippen molar-refractivity contribution in [3.8, 4) is 11.3 Å². The standard InChI is InChI=1S/C18H22N4S/c1-11(2)18-20-16(10-23-18)15-7-5-6-14(9-15)8-12(3)17-19-13(4)21-22-17/h5-7,9-12H,8H2,1-4H3,(H,19,21,22). The van der Waals surface area contributed by atoms with Gasteiger partial charge in [-0.05, 0) is 25.0 Å². The van der Waals surface area contributed by atoms with E-state index in [0.29, 0.717) is 5.92 Å². The van der Waals surface area contributed by atoms with Crippen LogP contribution in [0.5, 0.6) is 0 Å². The summed E-state index contributed by atoms with van der Waals surface area (Å²) < 4.78 is 0. The van der Waals surface area contributed by atoms with Gasteiger partial charge in [0.2, 0.25) is 0 Å². The molecule has 0 fully saturated rings. The molecule has 1 unspecified atom stereocenters. The second-order valence-corrected chi connectivity index (χ2v) is 7.20. The summed E-state index contributed by atoms with van der Waals surface area (Å²) in [5.41, 5.74) is 3.54. The van der Waals surface area contributed by atoms with Crippen molar-refractivity contribution in [1.29, 1.82) is 0 Å². The van der Waals surface area contributed by atoms with E-state index in [1.807, 2.05) is 6.92 Å². The summed E-state index contributed by atoms with van der Waals surface area (Å²) in [7, 11) is 0. The van der Waals surface area contributed by atoms with Gasteiger partial charge in [0, 0.05) is 22.8 Å². The van der Waals surface area contributed by atoms with Crippen molar-refractivity contribution < 1.29 is 0 Å². The Morgan fingerprint density at radius 2 is 2.00 bits per heavy atom. The Balaban J connectivity index is 1.79. The summed E-state index contributed by atoms with van der Waals surface area (Å²) >= 11 is 1.74. The van der Waals surface area contributed by atoms with Crippen molar-refractivity contribution in [2.75, 3.05) is 0 Å². The van der Waals surface area contributed by atoms with E-state index in [1.54, 1.807) is 11.3 Å². The summed E-state index contributed by atoms with van der Waals surface area (Å²) in [5, 5.41) is 10.5. The van der Waals surface area contributed by atoms with Crippen LogP contribution in [0.15, 0.2) is 29.6 Å². The van der Waals surface area contributed by atoms with Gasteiger partial charge in [-0.2, -0.15) is 5.10 Å². The number of aromatic nitrogens is 4. The quantitative estimate of drug-likeness (QED) is 0.739. The summed E-state index contributed by atoms with van der Waals surface area (Å²) in [6.07, 6.45) is 0.923. The molecular weight excluding hydrogens is 304 g/mol. The number of benzene rings is 1. The minimum Gasteiger partial charge on any atom is -0.263 e. The van der Waals surface area contributed by atoms with Gasteiger partial charge >= 0.3 is 0 Å². The van der Waals surface area contributed by atoms with Crippen LogP contribution in [0.3, 0.4) is 0 Å². The van der Waals surface area contributed by atoms with Crippen molar-refractivity contribution in [3.63, 3.8) is 0 Å². The monoisotopic (exact) mass is 326 g/mol. The Bertz CT molecular complexity index is 788. The van der Waals surface area contributed by atoms with E-state index >= 15 is 0 Å². The highest BCUT2D eigenvalue weighted by atomic mass is 32.1. The molecule has 0 radical (unpaired) electrons. The molecule has 3 rings (SSSR count). The van der Waals surface area contributed by atoms with Crippen LogP contribution in [0, 0.1) is 6.92 Å². The smallest absolute Gasteiger partial charge is 0.153 e. The van der Waals surface area contributed by atoms with Crippen LogP contribution >= 0.6 is 11.3 Å². The predicted octanol–water partition coefficient (Wildman–Crippen LogP) is 4.71. The second-order valence-electron chi connectivity index (χ2n) is 6.31. The van der Waals surface area contributed by atoms with E-state index in [1.165, 1.54) is 16.1 Å². The molecule has 2 heterocycles. The van der Waals surface area contributed by atoms with Gasteiger partial charge in [0.1, 0.15) is 5.82 Å². The third-order valence-corrected chi connectivity index (χ3v) is 4.98. The Kier molecular flexibility index (Phi) is 4.57. The molecule has 4 nitrogen and oxygen atoms in total. The number of rotatable bonds is 5. The predicted molar refractivity (Wildman–Crippen MR) is 94.9 cm³/mol. The molecule has 3 aromatic rings. The summed E-state index contributed by atoms with van der Waals surface area (Å²) in [4.78, 5) is 9.18. The minimum atomic E-state index is 0.289. The van der Waals surface area contributed by atoms with Gasteiger partial charge in [-0.1, -0.05) is 39.0 Å². The Hall–Kier alpha value is -2.01. The Morgan fingerprint density at radius 3 is 2.65 bits per heavy atom. The molecule has 0 aliphatic rings. The van der Waals surface area contributed by atoms with E-state index in [9.17, 15) is 0 Å². The fourth-order valence-electron chi connectivity index (χ4n) is 2.57. The van der Waals surface area contributed by atoms with Gasteiger partial charge in [-0.25, -0.2) is 9.97 Å². The third-order valence-electron chi connectivity index (χ3n) is 3.84. The number of aryl methyl sites for hydroxylation is 1. The van der Waals surface area contributed by atoms with Crippen LogP contribution in [0.2, 0.25) is 0 Å². The van der Waals surface area contributed by atoms with Crippen molar-refractivity contribution in [2.45, 2.75) is 46.0 Å². The number of nitrogens with zero attached hydrogens (tertiary/aromatic N) is 3. The Morgan fingerprint density at radius 1 is 1.17 bits per heavy atom. The van der Waals surface area contributed by atoms with Gasteiger partial charge in [-0.3, -0.25) is 5.10 Å². The lowest BCUT2D eigenvalue weighted by Crippen LogP contribution is -2.01. The van der Waals surface area contributed by atoms with Crippen LogP contribution in [0.4, 0.5) is 0 Å². The topological polar surface area (TPSA) is 54.5 Å². The first-order valence-corrected chi connectivity index (χ1v) is 8.84. The molecule has 0 amide bonds. The third kappa shape index (κ3) is 3.67. The van der Waals surface area contributed by atoms with Crippen LogP contribution in [-0.2, 0) is 6.42 Å². The molecule has 23 heavy (non-hydrogen) atoms. The van der Waals surface area contributed by atoms with Crippen molar-refractivity contribution in [2.24, 2.45) is 0 Å². The lowest BCUT2D eigenvalue weighted by molar-refractivity contribution is 0.702. The average molecular weight is 326 g/mol. The molecule has 1 aromatic carbocycles. The molecule has 5 heteroatoms. The number of thiazole rings is 1. The van der Waals surface area contributed by atoms with Gasteiger partial charge < -0.3 is 0 Å². The first-order valence-electron chi connectivity index (χ1n) is 7.96. The van der Waals surface area contributed by atoms with Gasteiger partial charge in [0.15, 0.2) is 5.82 Å². The first-order chi connectivity index (χ1) is 11.0. The maximum atomic E-state index is 4.75. The number of nitrogens with one attached hydrogen (secondary N) is 1. The zero-order chi connectivity index (χ0) is 16.4. The van der Waals surface area contributed by atoms with Crippen LogP contribution in [-0.4, -0.2) is 20.2 Å². The highest BCUT2D eigenvalue weighted by Gasteiger charge is 2.13. The van der Waals surface area contributed by atoms with E-state index in [-0.39, 0.29) is 5.92 Å². The van der Waals surface area contributed by atoms with Crippen molar-refractivity contribution in [1.82, 2.24) is 20.2 Å². The highest BCUT2D eigenvalue weighted by molar-refractivity contribution is 7.10. The normalized spacial score (nSPS) is 12.7.